The van der Waals surface area contributed by atoms with Gasteiger partial charge >= 0.3 is 11.8 Å². The highest BCUT2D eigenvalue weighted by atomic mass is 16.6. The van der Waals surface area contributed by atoms with Gasteiger partial charge in [0.2, 0.25) is 11.9 Å². The summed E-state index contributed by atoms with van der Waals surface area (Å²) < 4.78 is 6.77. The van der Waals surface area contributed by atoms with Gasteiger partial charge in [-0.25, -0.2) is 14.6 Å². The van der Waals surface area contributed by atoms with Crippen LogP contribution in [0.1, 0.15) is 67.4 Å². The first-order valence-corrected chi connectivity index (χ1v) is 16.1. The third-order valence-corrected chi connectivity index (χ3v) is 7.55. The molecule has 0 aliphatic rings. The van der Waals surface area contributed by atoms with Crippen LogP contribution in [0, 0.1) is 0 Å². The van der Waals surface area contributed by atoms with Crippen molar-refractivity contribution in [1.82, 2.24) is 35.3 Å². The molecule has 2 heterocycles. The number of ether oxygens (including phenoxy) is 1. The van der Waals surface area contributed by atoms with Crippen LogP contribution in [0.15, 0.2) is 59.4 Å². The maximum atomic E-state index is 13.0. The maximum absolute atomic E-state index is 13.0. The van der Waals surface area contributed by atoms with Crippen molar-refractivity contribution in [2.45, 2.75) is 65.1 Å². The monoisotopic (exact) mass is 674 g/mol. The average molecular weight is 675 g/mol. The van der Waals surface area contributed by atoms with Crippen LogP contribution in [0.2, 0.25) is 0 Å². The number of benzene rings is 2. The van der Waals surface area contributed by atoms with Crippen molar-refractivity contribution in [1.29, 1.82) is 0 Å². The molecule has 2 aromatic heterocycles. The topological polar surface area (TPSA) is 232 Å². The number of carbonyl (C=O) groups excluding carboxylic acids is 4. The van der Waals surface area contributed by atoms with E-state index in [1.54, 1.807) is 48.5 Å². The van der Waals surface area contributed by atoms with Crippen molar-refractivity contribution in [2.75, 3.05) is 24.1 Å². The molecular weight excluding hydrogens is 632 g/mol. The van der Waals surface area contributed by atoms with Crippen LogP contribution in [0.4, 0.5) is 16.6 Å². The van der Waals surface area contributed by atoms with E-state index in [1.165, 1.54) is 4.57 Å². The Morgan fingerprint density at radius 1 is 0.980 bits per heavy atom. The van der Waals surface area contributed by atoms with E-state index in [2.05, 4.69) is 37.9 Å². The number of unbranched alkanes of at least 4 members (excludes halogenated alkanes) is 2. The molecule has 0 saturated carbocycles. The second kappa shape index (κ2) is 17.3. The molecule has 4 aromatic rings. The lowest BCUT2D eigenvalue weighted by Crippen LogP contribution is -2.58. The highest BCUT2D eigenvalue weighted by molar-refractivity contribution is 5.96. The summed E-state index contributed by atoms with van der Waals surface area (Å²) in [6.07, 6.45) is 2.43. The Balaban J connectivity index is 1.39. The molecule has 4 amide bonds. The Morgan fingerprint density at radius 3 is 2.37 bits per heavy atom. The molecule has 0 spiro atoms. The summed E-state index contributed by atoms with van der Waals surface area (Å²) in [4.78, 5) is 75.2. The molecule has 0 aliphatic heterocycles. The number of hydrogen-bond acceptors (Lipinski definition) is 10. The Hall–Kier alpha value is -5.93. The number of amides is 4. The number of aromatic nitrogens is 4. The lowest BCUT2D eigenvalue weighted by molar-refractivity contribution is -0.130. The number of imidazole rings is 1. The fourth-order valence-corrected chi connectivity index (χ4v) is 4.87. The van der Waals surface area contributed by atoms with Crippen LogP contribution in [0.5, 0.6) is 0 Å². The van der Waals surface area contributed by atoms with Crippen molar-refractivity contribution in [3.8, 4) is 0 Å². The van der Waals surface area contributed by atoms with Gasteiger partial charge in [-0.3, -0.25) is 24.4 Å². The number of H-pyrrole nitrogens is 1. The number of nitrogens with two attached hydrogens (primary N) is 2. The van der Waals surface area contributed by atoms with Crippen LogP contribution in [0.3, 0.4) is 0 Å². The normalized spacial score (nSPS) is 11.5. The minimum Gasteiger partial charge on any atom is -0.443 e. The van der Waals surface area contributed by atoms with Gasteiger partial charge in [-0.05, 0) is 36.1 Å². The number of anilines is 2. The van der Waals surface area contributed by atoms with E-state index in [0.717, 1.165) is 24.3 Å². The highest BCUT2D eigenvalue weighted by Crippen LogP contribution is 2.18. The molecule has 1 atom stereocenters. The molecular formula is C33H42N10O6. The van der Waals surface area contributed by atoms with E-state index in [0.29, 0.717) is 41.2 Å². The summed E-state index contributed by atoms with van der Waals surface area (Å²) in [5.74, 6) is -1.68. The van der Waals surface area contributed by atoms with Crippen LogP contribution in [-0.4, -0.2) is 67.5 Å². The van der Waals surface area contributed by atoms with Gasteiger partial charge in [-0.2, -0.15) is 9.97 Å². The molecule has 2 aromatic carbocycles. The third-order valence-electron chi connectivity index (χ3n) is 7.55. The molecule has 16 heteroatoms. The quantitative estimate of drug-likeness (QED) is 0.0750. The predicted molar refractivity (Wildman–Crippen MR) is 183 cm³/mol. The first-order valence-electron chi connectivity index (χ1n) is 16.1. The summed E-state index contributed by atoms with van der Waals surface area (Å²) in [6.45, 7) is 4.17. The summed E-state index contributed by atoms with van der Waals surface area (Å²) in [5, 5.41) is 6.39. The summed E-state index contributed by atoms with van der Waals surface area (Å²) in [5.41, 5.74) is 15.9. The van der Waals surface area contributed by atoms with Crippen LogP contribution in [-0.2, 0) is 27.5 Å². The van der Waals surface area contributed by atoms with E-state index in [1.807, 2.05) is 13.0 Å². The lowest BCUT2D eigenvalue weighted by atomic mass is 10.1. The Labute approximate surface area is 282 Å². The molecule has 0 bridgehead atoms. The number of primary amides is 1. The van der Waals surface area contributed by atoms with E-state index in [4.69, 9.17) is 16.2 Å². The Kier molecular flexibility index (Phi) is 12.7. The number of carbonyl (C=O) groups is 4. The van der Waals surface area contributed by atoms with Gasteiger partial charge in [-0.15, -0.1) is 0 Å². The highest BCUT2D eigenvalue weighted by Gasteiger charge is 2.31. The molecule has 0 aliphatic carbocycles. The molecule has 8 N–H and O–H groups in total. The largest absolute Gasteiger partial charge is 0.443 e. The first kappa shape index (κ1) is 35.9. The van der Waals surface area contributed by atoms with Crippen LogP contribution < -0.4 is 33.2 Å². The van der Waals surface area contributed by atoms with Gasteiger partial charge in [0.25, 0.3) is 11.8 Å². The Morgan fingerprint density at radius 2 is 1.69 bits per heavy atom. The molecule has 260 valence electrons. The van der Waals surface area contributed by atoms with E-state index in [9.17, 15) is 24.0 Å². The van der Waals surface area contributed by atoms with Crippen molar-refractivity contribution in [2.24, 2.45) is 5.73 Å². The van der Waals surface area contributed by atoms with Gasteiger partial charge < -0.3 is 31.8 Å². The SMILES string of the molecule is CCCCNc1nc(N)c2[nH]c(=O)n(Cc3ccc(C(=O)NCC(=O)NN(C(=O)OCc4ccccc4)[C@@H](CCCC)C(N)=O)cc3)c2n1. The minimum absolute atomic E-state index is 0.0912. The fraction of sp³-hybridized carbons (Fsp3) is 0.364. The van der Waals surface area contributed by atoms with Gasteiger partial charge in [-0.1, -0.05) is 75.6 Å². The third kappa shape index (κ3) is 9.79. The fourth-order valence-electron chi connectivity index (χ4n) is 4.87. The first-order chi connectivity index (χ1) is 23.6. The van der Waals surface area contributed by atoms with Crippen molar-refractivity contribution < 1.29 is 23.9 Å². The number of aromatic amines is 1. The summed E-state index contributed by atoms with van der Waals surface area (Å²) in [7, 11) is 0. The minimum atomic E-state index is -1.16. The van der Waals surface area contributed by atoms with Gasteiger partial charge in [0.15, 0.2) is 11.5 Å². The van der Waals surface area contributed by atoms with Crippen LogP contribution >= 0.6 is 0 Å². The summed E-state index contributed by atoms with van der Waals surface area (Å²) in [6, 6.07) is 14.2. The van der Waals surface area contributed by atoms with Crippen molar-refractivity contribution in [3.63, 3.8) is 0 Å². The van der Waals surface area contributed by atoms with Gasteiger partial charge in [0, 0.05) is 12.1 Å². The number of hydrogen-bond donors (Lipinski definition) is 6. The second-order valence-electron chi connectivity index (χ2n) is 11.3. The molecule has 0 fully saturated rings. The smallest absolute Gasteiger partial charge is 0.429 e. The zero-order valence-corrected chi connectivity index (χ0v) is 27.5. The summed E-state index contributed by atoms with van der Waals surface area (Å²) >= 11 is 0. The molecule has 0 saturated heterocycles. The molecule has 0 unspecified atom stereocenters. The second-order valence-corrected chi connectivity index (χ2v) is 11.3. The van der Waals surface area contributed by atoms with Crippen LogP contribution in [0.25, 0.3) is 11.2 Å². The van der Waals surface area contributed by atoms with E-state index >= 15 is 0 Å². The van der Waals surface area contributed by atoms with E-state index in [-0.39, 0.29) is 31.0 Å². The average Bonchev–Trinajstić information content (AvgIpc) is 3.41. The molecule has 16 nitrogen and oxygen atoms in total. The van der Waals surface area contributed by atoms with Crippen molar-refractivity contribution in [3.05, 3.63) is 81.8 Å². The lowest BCUT2D eigenvalue weighted by Gasteiger charge is -2.29. The maximum Gasteiger partial charge on any atom is 0.429 e. The number of hydrazine groups is 1. The molecule has 49 heavy (non-hydrogen) atoms. The number of nitrogens with one attached hydrogen (secondary N) is 4. The van der Waals surface area contributed by atoms with Gasteiger partial charge in [0.1, 0.15) is 18.2 Å². The number of nitrogen functional groups attached to an aromatic ring is 1. The van der Waals surface area contributed by atoms with Gasteiger partial charge in [0.05, 0.1) is 13.1 Å². The zero-order valence-electron chi connectivity index (χ0n) is 27.5. The predicted octanol–water partition coefficient (Wildman–Crippen LogP) is 2.41. The Bertz CT molecular complexity index is 1810. The van der Waals surface area contributed by atoms with Crippen molar-refractivity contribution >= 4 is 46.7 Å². The number of nitrogens with zero attached hydrogens (tertiary/aromatic N) is 4. The molecule has 4 rings (SSSR count). The number of rotatable bonds is 16. The molecule has 0 radical (unpaired) electrons. The zero-order chi connectivity index (χ0) is 35.3. The van der Waals surface area contributed by atoms with E-state index < -0.39 is 42.1 Å². The number of fused-ring (bicyclic) bond motifs is 1. The standard InChI is InChI=1S/C33H42N10O6/c1-3-5-12-24(28(35)45)43(33(48)49-20-22-10-8-7-9-11-22)41-25(44)18-37-30(46)23-15-13-21(14-16-23)19-42-29-26(38-32(42)47)27(34)39-31(40-29)36-17-6-4-2/h7-11,13-16,24H,3-6,12,17-20H2,1-2H3,(H2,35,45)(H,37,46)(H,38,47)(H,41,44)(H3,34,36,39,40)/t24-/m0/s1.